The minimum atomic E-state index is -0.592. The summed E-state index contributed by atoms with van der Waals surface area (Å²) in [5.74, 6) is -0.0437. The zero-order valence-corrected chi connectivity index (χ0v) is 12.9. The summed E-state index contributed by atoms with van der Waals surface area (Å²) >= 11 is 0. The summed E-state index contributed by atoms with van der Waals surface area (Å²) in [6.45, 7) is 2.80. The van der Waals surface area contributed by atoms with Crippen molar-refractivity contribution in [3.63, 3.8) is 0 Å². The van der Waals surface area contributed by atoms with E-state index in [9.17, 15) is 4.79 Å². The Kier molecular flexibility index (Phi) is 3.59. The molecule has 1 spiro atoms. The normalized spacial score (nSPS) is 24.3. The molecule has 0 saturated carbocycles. The Morgan fingerprint density at radius 3 is 2.96 bits per heavy atom. The molecular weight excluding hydrogens is 290 g/mol. The van der Waals surface area contributed by atoms with Crippen LogP contribution in [0.2, 0.25) is 0 Å². The van der Waals surface area contributed by atoms with Gasteiger partial charge in [-0.15, -0.1) is 0 Å². The molecule has 1 amide bonds. The van der Waals surface area contributed by atoms with Crippen LogP contribution in [0.5, 0.6) is 0 Å². The van der Waals surface area contributed by atoms with Gasteiger partial charge in [0, 0.05) is 37.8 Å². The molecule has 3 heterocycles. The Balaban J connectivity index is 1.49. The molecule has 0 aliphatic carbocycles. The van der Waals surface area contributed by atoms with Gasteiger partial charge in [-0.2, -0.15) is 0 Å². The number of pyridine rings is 1. The molecule has 1 saturated heterocycles. The molecule has 2 aliphatic rings. The fourth-order valence-corrected chi connectivity index (χ4v) is 3.33. The number of fused-ring (bicyclic) bond motifs is 1. The van der Waals surface area contributed by atoms with E-state index in [1.165, 1.54) is 0 Å². The average molecular weight is 309 g/mol. The lowest BCUT2D eigenvalue weighted by atomic mass is 10.1. The standard InChI is InChI=1S/C18H19N3O2/c22-17-16-7-2-1-5-14(16)12-23-18(20-17)8-10-21(13-18)11-15-6-3-4-9-19-15/h1-7,9H,8,10-13H2,(H,20,22). The molecule has 23 heavy (non-hydrogen) atoms. The number of aromatic nitrogens is 1. The maximum absolute atomic E-state index is 12.5. The van der Waals surface area contributed by atoms with E-state index < -0.39 is 5.72 Å². The molecule has 0 bridgehead atoms. The number of amides is 1. The van der Waals surface area contributed by atoms with Gasteiger partial charge in [-0.05, 0) is 23.8 Å². The van der Waals surface area contributed by atoms with Crippen LogP contribution in [0.4, 0.5) is 0 Å². The van der Waals surface area contributed by atoms with Crippen molar-refractivity contribution in [2.75, 3.05) is 13.1 Å². The summed E-state index contributed by atoms with van der Waals surface area (Å²) in [6.07, 6.45) is 2.60. The topological polar surface area (TPSA) is 54.5 Å². The minimum Gasteiger partial charge on any atom is -0.350 e. The molecule has 2 aromatic rings. The lowest BCUT2D eigenvalue weighted by Crippen LogP contribution is -2.51. The summed E-state index contributed by atoms with van der Waals surface area (Å²) in [5, 5.41) is 3.10. The van der Waals surface area contributed by atoms with E-state index in [1.807, 2.05) is 48.7 Å². The molecule has 5 nitrogen and oxygen atoms in total. The molecule has 118 valence electrons. The van der Waals surface area contributed by atoms with Crippen LogP contribution in [-0.2, 0) is 17.9 Å². The molecule has 1 N–H and O–H groups in total. The maximum atomic E-state index is 12.5. The lowest BCUT2D eigenvalue weighted by molar-refractivity contribution is -0.0630. The monoisotopic (exact) mass is 309 g/mol. The lowest BCUT2D eigenvalue weighted by Gasteiger charge is -2.28. The number of ether oxygens (including phenoxy) is 1. The molecule has 1 unspecified atom stereocenters. The van der Waals surface area contributed by atoms with E-state index in [0.29, 0.717) is 18.7 Å². The van der Waals surface area contributed by atoms with Crippen molar-refractivity contribution in [1.82, 2.24) is 15.2 Å². The maximum Gasteiger partial charge on any atom is 0.253 e. The van der Waals surface area contributed by atoms with Gasteiger partial charge in [0.25, 0.3) is 5.91 Å². The first-order chi connectivity index (χ1) is 11.2. The third-order valence-electron chi connectivity index (χ3n) is 4.53. The number of carbonyl (C=O) groups is 1. The van der Waals surface area contributed by atoms with Crippen molar-refractivity contribution < 1.29 is 9.53 Å². The Morgan fingerprint density at radius 2 is 2.09 bits per heavy atom. The van der Waals surface area contributed by atoms with Gasteiger partial charge in [0.2, 0.25) is 0 Å². The Labute approximate surface area is 135 Å². The first kappa shape index (κ1) is 14.4. The highest BCUT2D eigenvalue weighted by molar-refractivity contribution is 5.96. The smallest absolute Gasteiger partial charge is 0.253 e. The fraction of sp³-hybridized carbons (Fsp3) is 0.333. The second-order valence-electron chi connectivity index (χ2n) is 6.18. The van der Waals surface area contributed by atoms with Crippen molar-refractivity contribution in [2.24, 2.45) is 0 Å². The van der Waals surface area contributed by atoms with Crippen LogP contribution in [0.1, 0.15) is 28.0 Å². The van der Waals surface area contributed by atoms with E-state index >= 15 is 0 Å². The number of hydrogen-bond donors (Lipinski definition) is 1. The number of rotatable bonds is 2. The van der Waals surface area contributed by atoms with E-state index in [0.717, 1.165) is 30.8 Å². The van der Waals surface area contributed by atoms with Gasteiger partial charge in [-0.3, -0.25) is 14.7 Å². The summed E-state index contributed by atoms with van der Waals surface area (Å²) < 4.78 is 6.12. The second kappa shape index (κ2) is 5.76. The van der Waals surface area contributed by atoms with Crippen molar-refractivity contribution in [2.45, 2.75) is 25.3 Å². The van der Waals surface area contributed by atoms with Crippen LogP contribution in [-0.4, -0.2) is 34.6 Å². The third-order valence-corrected chi connectivity index (χ3v) is 4.53. The molecule has 5 heteroatoms. The predicted octanol–water partition coefficient (Wildman–Crippen LogP) is 1.94. The summed E-state index contributed by atoms with van der Waals surface area (Å²) in [7, 11) is 0. The van der Waals surface area contributed by atoms with E-state index in [2.05, 4.69) is 15.2 Å². The van der Waals surface area contributed by atoms with Gasteiger partial charge >= 0.3 is 0 Å². The number of nitrogens with zero attached hydrogens (tertiary/aromatic N) is 2. The minimum absolute atomic E-state index is 0.0437. The van der Waals surface area contributed by atoms with Crippen molar-refractivity contribution in [3.05, 3.63) is 65.5 Å². The van der Waals surface area contributed by atoms with Gasteiger partial charge in [-0.1, -0.05) is 24.3 Å². The number of carbonyl (C=O) groups excluding carboxylic acids is 1. The van der Waals surface area contributed by atoms with Crippen molar-refractivity contribution in [1.29, 1.82) is 0 Å². The van der Waals surface area contributed by atoms with Crippen LogP contribution in [0.3, 0.4) is 0 Å². The average Bonchev–Trinajstić information content (AvgIpc) is 2.90. The summed E-state index contributed by atoms with van der Waals surface area (Å²) in [6, 6.07) is 13.6. The SMILES string of the molecule is O=C1NC2(CCN(Cc3ccccn3)C2)OCc2ccccc21. The first-order valence-electron chi connectivity index (χ1n) is 7.91. The van der Waals surface area contributed by atoms with Gasteiger partial charge in [-0.25, -0.2) is 0 Å². The predicted molar refractivity (Wildman–Crippen MR) is 85.6 cm³/mol. The number of likely N-dealkylation sites (tertiary alicyclic amines) is 1. The van der Waals surface area contributed by atoms with Crippen LogP contribution < -0.4 is 5.32 Å². The molecular formula is C18H19N3O2. The van der Waals surface area contributed by atoms with Gasteiger partial charge in [0.15, 0.2) is 5.72 Å². The van der Waals surface area contributed by atoms with Gasteiger partial charge in [0.05, 0.1) is 12.3 Å². The number of nitrogens with one attached hydrogen (secondary N) is 1. The largest absolute Gasteiger partial charge is 0.350 e. The fourth-order valence-electron chi connectivity index (χ4n) is 3.33. The van der Waals surface area contributed by atoms with Crippen LogP contribution in [0.15, 0.2) is 48.7 Å². The quantitative estimate of drug-likeness (QED) is 0.921. The molecule has 4 rings (SSSR count). The van der Waals surface area contributed by atoms with Crippen LogP contribution in [0.25, 0.3) is 0 Å². The summed E-state index contributed by atoms with van der Waals surface area (Å²) in [4.78, 5) is 19.2. The van der Waals surface area contributed by atoms with E-state index in [1.54, 1.807) is 0 Å². The molecule has 1 aromatic carbocycles. The highest BCUT2D eigenvalue weighted by atomic mass is 16.5. The second-order valence-corrected chi connectivity index (χ2v) is 6.18. The van der Waals surface area contributed by atoms with Crippen LogP contribution in [0, 0.1) is 0 Å². The number of hydrogen-bond acceptors (Lipinski definition) is 4. The Bertz CT molecular complexity index is 719. The molecule has 1 atom stereocenters. The van der Waals surface area contributed by atoms with Crippen molar-refractivity contribution in [3.8, 4) is 0 Å². The van der Waals surface area contributed by atoms with E-state index in [-0.39, 0.29) is 5.91 Å². The highest BCUT2D eigenvalue weighted by Gasteiger charge is 2.42. The zero-order valence-electron chi connectivity index (χ0n) is 12.9. The van der Waals surface area contributed by atoms with Gasteiger partial charge in [0.1, 0.15) is 0 Å². The number of benzene rings is 1. The van der Waals surface area contributed by atoms with Gasteiger partial charge < -0.3 is 10.1 Å². The summed E-state index contributed by atoms with van der Waals surface area (Å²) in [5.41, 5.74) is 2.11. The zero-order chi connectivity index (χ0) is 15.7. The molecule has 0 radical (unpaired) electrons. The third kappa shape index (κ3) is 2.85. The van der Waals surface area contributed by atoms with E-state index in [4.69, 9.17) is 4.74 Å². The molecule has 1 aromatic heterocycles. The molecule has 2 aliphatic heterocycles. The molecule has 1 fully saturated rings. The Morgan fingerprint density at radius 1 is 1.22 bits per heavy atom. The van der Waals surface area contributed by atoms with Crippen LogP contribution >= 0.6 is 0 Å². The van der Waals surface area contributed by atoms with Crippen molar-refractivity contribution >= 4 is 5.91 Å². The Hall–Kier alpha value is -2.24. The first-order valence-corrected chi connectivity index (χ1v) is 7.91. The highest BCUT2D eigenvalue weighted by Crippen LogP contribution is 2.29.